The highest BCUT2D eigenvalue weighted by Gasteiger charge is 2.12. The van der Waals surface area contributed by atoms with Gasteiger partial charge >= 0.3 is 12.6 Å². The van der Waals surface area contributed by atoms with Crippen LogP contribution in [0.2, 0.25) is 0 Å². The van der Waals surface area contributed by atoms with E-state index in [9.17, 15) is 18.0 Å². The van der Waals surface area contributed by atoms with Crippen molar-refractivity contribution in [2.75, 3.05) is 0 Å². The first kappa shape index (κ1) is 23.1. The van der Waals surface area contributed by atoms with E-state index >= 15 is 0 Å². The first-order valence-electron chi connectivity index (χ1n) is 8.08. The van der Waals surface area contributed by atoms with Crippen molar-refractivity contribution < 1.29 is 32.2 Å². The fourth-order valence-corrected chi connectivity index (χ4v) is 1.85. The van der Waals surface area contributed by atoms with E-state index < -0.39 is 12.4 Å². The van der Waals surface area contributed by atoms with Gasteiger partial charge in [-0.25, -0.2) is 4.39 Å². The summed E-state index contributed by atoms with van der Waals surface area (Å²) in [5.41, 5.74) is -0.328. The zero-order valence-corrected chi connectivity index (χ0v) is 15.6. The third-order valence-electron chi connectivity index (χ3n) is 2.73. The molecule has 0 atom stereocenters. The van der Waals surface area contributed by atoms with Gasteiger partial charge in [0.1, 0.15) is 22.9 Å². The minimum Gasteiger partial charge on any atom is -0.490 e. The number of hydrogen-bond donors (Lipinski definition) is 0. The van der Waals surface area contributed by atoms with Gasteiger partial charge in [0.2, 0.25) is 0 Å². The highest BCUT2D eigenvalue weighted by atomic mass is 19.3. The van der Waals surface area contributed by atoms with E-state index in [0.717, 1.165) is 25.0 Å². The number of carbonyl (C=O) groups excluding carboxylic acids is 1. The maximum atomic E-state index is 13.1. The number of alkyl halides is 2. The van der Waals surface area contributed by atoms with Crippen molar-refractivity contribution >= 4 is 5.97 Å². The molecule has 0 saturated carbocycles. The Morgan fingerprint density at radius 2 is 1.52 bits per heavy atom. The summed E-state index contributed by atoms with van der Waals surface area (Å²) < 4.78 is 51.5. The molecule has 0 amide bonds. The Morgan fingerprint density at radius 3 is 1.84 bits per heavy atom. The van der Waals surface area contributed by atoms with Gasteiger partial charge in [0, 0.05) is 25.1 Å². The molecule has 0 aromatic heterocycles. The predicted octanol–water partition coefficient (Wildman–Crippen LogP) is 5.34. The summed E-state index contributed by atoms with van der Waals surface area (Å²) in [6.07, 6.45) is 1.46. The average Bonchev–Trinajstić information content (AvgIpc) is 2.41. The molecule has 0 spiro atoms. The molecule has 1 rings (SSSR count). The molecule has 4 nitrogen and oxygen atoms in total. The highest BCUT2D eigenvalue weighted by Crippen LogP contribution is 2.25. The summed E-state index contributed by atoms with van der Waals surface area (Å²) in [5.74, 6) is -0.920. The zero-order valence-electron chi connectivity index (χ0n) is 15.6. The van der Waals surface area contributed by atoms with E-state index in [2.05, 4.69) is 4.74 Å². The summed E-state index contributed by atoms with van der Waals surface area (Å²) in [6.45, 7) is 7.83. The Kier molecular flexibility index (Phi) is 10.0. The van der Waals surface area contributed by atoms with Crippen LogP contribution in [0, 0.1) is 5.82 Å². The smallest absolute Gasteiger partial charge is 0.387 e. The summed E-state index contributed by atoms with van der Waals surface area (Å²) in [5, 5.41) is 0. The average molecular weight is 364 g/mol. The molecular formula is C18H27F3O4. The fourth-order valence-electron chi connectivity index (χ4n) is 1.85. The van der Waals surface area contributed by atoms with Crippen molar-refractivity contribution in [3.63, 3.8) is 0 Å². The number of halogens is 3. The van der Waals surface area contributed by atoms with Crippen molar-refractivity contribution in [1.82, 2.24) is 0 Å². The van der Waals surface area contributed by atoms with Crippen LogP contribution in [0.1, 0.15) is 54.4 Å². The van der Waals surface area contributed by atoms with Crippen molar-refractivity contribution in [1.29, 1.82) is 0 Å². The van der Waals surface area contributed by atoms with E-state index in [-0.39, 0.29) is 29.2 Å². The van der Waals surface area contributed by atoms with Gasteiger partial charge < -0.3 is 14.2 Å². The number of esters is 1. The standard InChI is InChI=1S/C12H15F3O2.C6H12O2/c1-3-9(4-2)16-10-5-8(13)6-11(7-10)17-12(14)15;1-5(7)8-6(2,3)4/h5-7,9,12H,3-4H2,1-2H3;1-4H3. The molecule has 0 radical (unpaired) electrons. The van der Waals surface area contributed by atoms with Gasteiger partial charge in [-0.05, 0) is 33.6 Å². The summed E-state index contributed by atoms with van der Waals surface area (Å²) in [6, 6.07) is 3.30. The molecule has 25 heavy (non-hydrogen) atoms. The van der Waals surface area contributed by atoms with Crippen LogP contribution < -0.4 is 9.47 Å². The normalized spacial score (nSPS) is 11.0. The minimum atomic E-state index is -2.97. The first-order chi connectivity index (χ1) is 11.5. The molecule has 0 unspecified atom stereocenters. The van der Waals surface area contributed by atoms with Crippen molar-refractivity contribution in [3.8, 4) is 11.5 Å². The monoisotopic (exact) mass is 364 g/mol. The Hall–Kier alpha value is -1.92. The third-order valence-corrected chi connectivity index (χ3v) is 2.73. The molecule has 0 N–H and O–H groups in total. The SMILES string of the molecule is CC(=O)OC(C)(C)C.CCC(CC)Oc1cc(F)cc(OC(F)F)c1. The Balaban J connectivity index is 0.000000609. The van der Waals surface area contributed by atoms with Crippen LogP contribution >= 0.6 is 0 Å². The predicted molar refractivity (Wildman–Crippen MR) is 89.5 cm³/mol. The third kappa shape index (κ3) is 12.1. The number of benzene rings is 1. The van der Waals surface area contributed by atoms with E-state index in [1.54, 1.807) is 0 Å². The molecule has 0 aliphatic rings. The fraction of sp³-hybridized carbons (Fsp3) is 0.611. The number of ether oxygens (including phenoxy) is 3. The second-order valence-corrected chi connectivity index (χ2v) is 6.26. The van der Waals surface area contributed by atoms with Crippen molar-refractivity contribution in [2.45, 2.75) is 72.7 Å². The molecule has 0 aliphatic heterocycles. The lowest BCUT2D eigenvalue weighted by atomic mass is 10.2. The molecule has 1 aromatic rings. The first-order valence-corrected chi connectivity index (χ1v) is 8.08. The topological polar surface area (TPSA) is 44.8 Å². The van der Waals surface area contributed by atoms with Gasteiger partial charge in [0.25, 0.3) is 0 Å². The van der Waals surface area contributed by atoms with E-state index in [1.807, 2.05) is 34.6 Å². The van der Waals surface area contributed by atoms with Crippen LogP contribution in [0.5, 0.6) is 11.5 Å². The van der Waals surface area contributed by atoms with Crippen molar-refractivity contribution in [3.05, 3.63) is 24.0 Å². The van der Waals surface area contributed by atoms with E-state index in [4.69, 9.17) is 9.47 Å². The van der Waals surface area contributed by atoms with Gasteiger partial charge in [-0.15, -0.1) is 0 Å². The Bertz CT molecular complexity index is 524. The molecule has 144 valence electrons. The summed E-state index contributed by atoms with van der Waals surface area (Å²) in [7, 11) is 0. The van der Waals surface area contributed by atoms with Crippen molar-refractivity contribution in [2.24, 2.45) is 0 Å². The van der Waals surface area contributed by atoms with Crippen LogP contribution in [-0.2, 0) is 9.53 Å². The van der Waals surface area contributed by atoms with Gasteiger partial charge in [0.15, 0.2) is 0 Å². The maximum Gasteiger partial charge on any atom is 0.387 e. The number of carbonyl (C=O) groups is 1. The molecule has 7 heteroatoms. The van der Waals surface area contributed by atoms with E-state index in [1.165, 1.54) is 13.0 Å². The Labute approximate surface area is 147 Å². The highest BCUT2D eigenvalue weighted by molar-refractivity contribution is 5.66. The molecule has 0 heterocycles. The quantitative estimate of drug-likeness (QED) is 0.639. The zero-order chi connectivity index (χ0) is 19.6. The lowest BCUT2D eigenvalue weighted by Gasteiger charge is -2.17. The second-order valence-electron chi connectivity index (χ2n) is 6.26. The van der Waals surface area contributed by atoms with Crippen LogP contribution in [0.3, 0.4) is 0 Å². The Morgan fingerprint density at radius 1 is 1.04 bits per heavy atom. The molecule has 0 aliphatic carbocycles. The molecule has 0 bridgehead atoms. The number of hydrogen-bond acceptors (Lipinski definition) is 4. The lowest BCUT2D eigenvalue weighted by molar-refractivity contribution is -0.151. The lowest BCUT2D eigenvalue weighted by Crippen LogP contribution is -2.21. The van der Waals surface area contributed by atoms with E-state index in [0.29, 0.717) is 0 Å². The molecule has 1 aromatic carbocycles. The second kappa shape index (κ2) is 10.8. The van der Waals surface area contributed by atoms with Gasteiger partial charge in [-0.3, -0.25) is 4.79 Å². The van der Waals surface area contributed by atoms with Gasteiger partial charge in [-0.2, -0.15) is 8.78 Å². The minimum absolute atomic E-state index is 0.0591. The summed E-state index contributed by atoms with van der Waals surface area (Å²) >= 11 is 0. The van der Waals surface area contributed by atoms with Crippen LogP contribution in [0.15, 0.2) is 18.2 Å². The van der Waals surface area contributed by atoms with Gasteiger partial charge in [-0.1, -0.05) is 13.8 Å². The number of rotatable bonds is 6. The molecular weight excluding hydrogens is 337 g/mol. The molecule has 0 saturated heterocycles. The largest absolute Gasteiger partial charge is 0.490 e. The van der Waals surface area contributed by atoms with Gasteiger partial charge in [0.05, 0.1) is 6.10 Å². The van der Waals surface area contributed by atoms with Crippen LogP contribution in [0.4, 0.5) is 13.2 Å². The van der Waals surface area contributed by atoms with Crippen LogP contribution in [-0.4, -0.2) is 24.3 Å². The summed E-state index contributed by atoms with van der Waals surface area (Å²) in [4.78, 5) is 10.2. The molecule has 0 fully saturated rings. The maximum absolute atomic E-state index is 13.1. The van der Waals surface area contributed by atoms with Crippen LogP contribution in [0.25, 0.3) is 0 Å².